The normalized spacial score (nSPS) is 11.9. The number of nitrogens with zero attached hydrogens (tertiary/aromatic N) is 2. The lowest BCUT2D eigenvalue weighted by molar-refractivity contribution is 0.660. The fourth-order valence-electron chi connectivity index (χ4n) is 5.56. The van der Waals surface area contributed by atoms with E-state index in [2.05, 4.69) is 77.4 Å². The van der Waals surface area contributed by atoms with Crippen molar-refractivity contribution in [3.05, 3.63) is 113 Å². The summed E-state index contributed by atoms with van der Waals surface area (Å²) in [6.45, 7) is 0. The summed E-state index contributed by atoms with van der Waals surface area (Å²) in [4.78, 5) is 13.4. The lowest BCUT2D eigenvalue weighted by Gasteiger charge is -2.09. The van der Waals surface area contributed by atoms with Crippen molar-refractivity contribution in [2.24, 2.45) is 0 Å². The highest BCUT2D eigenvalue weighted by atomic mass is 32.1. The van der Waals surface area contributed by atoms with E-state index >= 15 is 0 Å². The van der Waals surface area contributed by atoms with Gasteiger partial charge >= 0.3 is 0 Å². The van der Waals surface area contributed by atoms with Gasteiger partial charge in [-0.15, -0.1) is 11.3 Å². The number of nitriles is 1. The van der Waals surface area contributed by atoms with Gasteiger partial charge in [0, 0.05) is 26.2 Å². The summed E-state index contributed by atoms with van der Waals surface area (Å²) in [6, 6.07) is 34.4. The molecule has 0 amide bonds. The number of thiophene rings is 1. The molecule has 0 spiro atoms. The first-order valence-electron chi connectivity index (χ1n) is 12.0. The van der Waals surface area contributed by atoms with Gasteiger partial charge in [0.2, 0.25) is 5.43 Å². The fraction of sp³-hybridized carbons (Fsp3) is 0. The lowest BCUT2D eigenvalue weighted by atomic mass is 10.1. The van der Waals surface area contributed by atoms with Crippen LogP contribution in [0.3, 0.4) is 0 Å². The summed E-state index contributed by atoms with van der Waals surface area (Å²) in [5.41, 5.74) is 4.81. The van der Waals surface area contributed by atoms with Gasteiger partial charge in [-0.1, -0.05) is 48.5 Å². The molecule has 4 nitrogen and oxygen atoms in total. The predicted octanol–water partition coefficient (Wildman–Crippen LogP) is 8.28. The van der Waals surface area contributed by atoms with Gasteiger partial charge in [0.25, 0.3) is 0 Å². The highest BCUT2D eigenvalue weighted by molar-refractivity contribution is 7.26. The van der Waals surface area contributed by atoms with Crippen molar-refractivity contribution < 1.29 is 4.42 Å². The van der Waals surface area contributed by atoms with Crippen LogP contribution < -0.4 is 5.43 Å². The monoisotopic (exact) mass is 492 g/mol. The molecular formula is C32H16N2O2S. The Bertz CT molecular complexity index is 2290. The Labute approximate surface area is 213 Å². The standard InChI is InChI=1S/C32H16N2O2S/c33-17-18-12-13-28-23(14-18)31(35)24-15-22-21-8-5-11-27(32(21)37-30(22)16-29(24)36-28)34-25-9-3-1-6-19(25)20-7-2-4-10-26(20)34/h1-16H. The maximum Gasteiger partial charge on any atom is 0.200 e. The third-order valence-corrected chi connectivity index (χ3v) is 8.41. The molecular weight excluding hydrogens is 476 g/mol. The second-order valence-corrected chi connectivity index (χ2v) is 10.3. The zero-order valence-electron chi connectivity index (χ0n) is 19.4. The van der Waals surface area contributed by atoms with Crippen LogP contribution in [0.5, 0.6) is 0 Å². The molecule has 8 aromatic rings. The molecule has 0 aliphatic heterocycles. The maximum atomic E-state index is 13.4. The van der Waals surface area contributed by atoms with E-state index in [9.17, 15) is 10.1 Å². The molecule has 5 heteroatoms. The minimum absolute atomic E-state index is 0.117. The number of rotatable bonds is 1. The molecule has 0 saturated heterocycles. The zero-order valence-corrected chi connectivity index (χ0v) is 20.2. The molecule has 172 valence electrons. The Morgan fingerprint density at radius 2 is 1.38 bits per heavy atom. The highest BCUT2D eigenvalue weighted by Crippen LogP contribution is 2.41. The van der Waals surface area contributed by atoms with Crippen LogP contribution in [0.1, 0.15) is 5.56 Å². The van der Waals surface area contributed by atoms with Crippen molar-refractivity contribution in [3.63, 3.8) is 0 Å². The molecule has 8 rings (SSSR count). The average Bonchev–Trinajstić information content (AvgIpc) is 3.47. The number of fused-ring (bicyclic) bond motifs is 8. The molecule has 0 saturated carbocycles. The Morgan fingerprint density at radius 3 is 2.14 bits per heavy atom. The molecule has 0 unspecified atom stereocenters. The van der Waals surface area contributed by atoms with Gasteiger partial charge in [-0.3, -0.25) is 4.79 Å². The minimum Gasteiger partial charge on any atom is -0.456 e. The van der Waals surface area contributed by atoms with Crippen molar-refractivity contribution in [1.82, 2.24) is 4.57 Å². The van der Waals surface area contributed by atoms with Crippen LogP contribution in [-0.4, -0.2) is 4.57 Å². The Morgan fingerprint density at radius 1 is 0.676 bits per heavy atom. The van der Waals surface area contributed by atoms with E-state index in [-0.39, 0.29) is 5.43 Å². The number of hydrogen-bond donors (Lipinski definition) is 0. The molecule has 3 heterocycles. The van der Waals surface area contributed by atoms with Crippen LogP contribution in [0.2, 0.25) is 0 Å². The SMILES string of the molecule is N#Cc1ccc2oc3cc4sc5c(-n6c7ccccc7c7ccccc76)cccc5c4cc3c(=O)c2c1. The van der Waals surface area contributed by atoms with Gasteiger partial charge < -0.3 is 8.98 Å². The van der Waals surface area contributed by atoms with Crippen molar-refractivity contribution in [3.8, 4) is 11.8 Å². The second kappa shape index (κ2) is 7.30. The molecule has 37 heavy (non-hydrogen) atoms. The Kier molecular flexibility index (Phi) is 4.00. The number of para-hydroxylation sites is 2. The Hall–Kier alpha value is -4.92. The Balaban J connectivity index is 1.49. The smallest absolute Gasteiger partial charge is 0.200 e. The summed E-state index contributed by atoms with van der Waals surface area (Å²) in [5.74, 6) is 0. The van der Waals surface area contributed by atoms with Crippen molar-refractivity contribution >= 4 is 75.3 Å². The van der Waals surface area contributed by atoms with Crippen LogP contribution in [-0.2, 0) is 0 Å². The van der Waals surface area contributed by atoms with Crippen molar-refractivity contribution in [2.45, 2.75) is 0 Å². The summed E-state index contributed by atoms with van der Waals surface area (Å²) in [6.07, 6.45) is 0. The van der Waals surface area contributed by atoms with Gasteiger partial charge in [-0.2, -0.15) is 5.26 Å². The van der Waals surface area contributed by atoms with E-state index in [1.807, 2.05) is 12.1 Å². The first kappa shape index (κ1) is 20.3. The lowest BCUT2D eigenvalue weighted by Crippen LogP contribution is -2.02. The zero-order chi connectivity index (χ0) is 24.7. The summed E-state index contributed by atoms with van der Waals surface area (Å²) < 4.78 is 10.7. The second-order valence-electron chi connectivity index (χ2n) is 9.22. The summed E-state index contributed by atoms with van der Waals surface area (Å²) >= 11 is 1.71. The maximum absolute atomic E-state index is 13.4. The van der Waals surface area contributed by atoms with E-state index in [4.69, 9.17) is 4.42 Å². The molecule has 0 fully saturated rings. The summed E-state index contributed by atoms with van der Waals surface area (Å²) in [7, 11) is 0. The number of aromatic nitrogens is 1. The van der Waals surface area contributed by atoms with E-state index in [1.54, 1.807) is 29.5 Å². The predicted molar refractivity (Wildman–Crippen MR) is 152 cm³/mol. The fourth-order valence-corrected chi connectivity index (χ4v) is 6.78. The van der Waals surface area contributed by atoms with Crippen molar-refractivity contribution in [2.75, 3.05) is 0 Å². The number of benzene rings is 5. The summed E-state index contributed by atoms with van der Waals surface area (Å²) in [5, 5.41) is 14.8. The van der Waals surface area contributed by atoms with Gasteiger partial charge in [0.15, 0.2) is 0 Å². The third-order valence-electron chi connectivity index (χ3n) is 7.22. The van der Waals surface area contributed by atoms with Gasteiger partial charge in [0.05, 0.1) is 43.8 Å². The van der Waals surface area contributed by atoms with Crippen LogP contribution in [0.25, 0.3) is 69.6 Å². The van der Waals surface area contributed by atoms with Gasteiger partial charge in [0.1, 0.15) is 11.2 Å². The van der Waals surface area contributed by atoms with E-state index in [0.29, 0.717) is 27.5 Å². The molecule has 0 aliphatic rings. The molecule has 0 radical (unpaired) electrons. The molecule has 0 atom stereocenters. The first-order chi connectivity index (χ1) is 18.2. The topological polar surface area (TPSA) is 58.9 Å². The van der Waals surface area contributed by atoms with Crippen LogP contribution >= 0.6 is 11.3 Å². The largest absolute Gasteiger partial charge is 0.456 e. The van der Waals surface area contributed by atoms with E-state index in [1.165, 1.54) is 10.8 Å². The van der Waals surface area contributed by atoms with Crippen LogP contribution in [0.15, 0.2) is 106 Å². The third kappa shape index (κ3) is 2.73. The van der Waals surface area contributed by atoms with Crippen molar-refractivity contribution in [1.29, 1.82) is 5.26 Å². The van der Waals surface area contributed by atoms with Crippen LogP contribution in [0, 0.1) is 11.3 Å². The quantitative estimate of drug-likeness (QED) is 0.217. The number of hydrogen-bond acceptors (Lipinski definition) is 4. The molecule has 0 bridgehead atoms. The van der Waals surface area contributed by atoms with Gasteiger partial charge in [-0.05, 0) is 48.5 Å². The molecule has 0 N–H and O–H groups in total. The first-order valence-corrected chi connectivity index (χ1v) is 12.8. The molecule has 5 aromatic carbocycles. The minimum atomic E-state index is -0.117. The average molecular weight is 493 g/mol. The molecule has 0 aliphatic carbocycles. The van der Waals surface area contributed by atoms with Gasteiger partial charge in [-0.25, -0.2) is 0 Å². The molecule has 3 aromatic heterocycles. The van der Waals surface area contributed by atoms with E-state index in [0.717, 1.165) is 36.9 Å². The highest BCUT2D eigenvalue weighted by Gasteiger charge is 2.18. The van der Waals surface area contributed by atoms with E-state index < -0.39 is 0 Å². The van der Waals surface area contributed by atoms with Crippen LogP contribution in [0.4, 0.5) is 0 Å².